The minimum Gasteiger partial charge on any atom is -0.342 e. The molecule has 0 radical (unpaired) electrons. The molecule has 1 aromatic heterocycles. The van der Waals surface area contributed by atoms with Gasteiger partial charge in [0, 0.05) is 17.7 Å². The van der Waals surface area contributed by atoms with E-state index in [0.29, 0.717) is 12.2 Å². The Bertz CT molecular complexity index is 886. The van der Waals surface area contributed by atoms with Gasteiger partial charge in [-0.2, -0.15) is 0 Å². The molecule has 3 aromatic rings. The summed E-state index contributed by atoms with van der Waals surface area (Å²) < 4.78 is 0. The van der Waals surface area contributed by atoms with Crippen LogP contribution in [0.1, 0.15) is 42.0 Å². The van der Waals surface area contributed by atoms with E-state index >= 15 is 0 Å². The number of para-hydroxylation sites is 2. The second-order valence-corrected chi connectivity index (χ2v) is 5.76. The maximum atomic E-state index is 12.5. The lowest BCUT2D eigenvalue weighted by atomic mass is 10.1. The van der Waals surface area contributed by atoms with Crippen LogP contribution in [-0.4, -0.2) is 20.8 Å². The number of non-ortho nitro benzene ring substituents is 1. The van der Waals surface area contributed by atoms with Gasteiger partial charge in [-0.1, -0.05) is 31.5 Å². The molecular formula is C18H18N4O3. The van der Waals surface area contributed by atoms with Gasteiger partial charge in [-0.05, 0) is 24.6 Å². The summed E-state index contributed by atoms with van der Waals surface area (Å²) in [7, 11) is 0. The summed E-state index contributed by atoms with van der Waals surface area (Å²) in [5, 5.41) is 13.8. The molecule has 0 saturated heterocycles. The average molecular weight is 338 g/mol. The molecule has 25 heavy (non-hydrogen) atoms. The number of rotatable bonds is 6. The first kappa shape index (κ1) is 16.6. The van der Waals surface area contributed by atoms with E-state index in [0.717, 1.165) is 17.5 Å². The molecule has 0 aliphatic rings. The van der Waals surface area contributed by atoms with Crippen molar-refractivity contribution in [1.82, 2.24) is 15.3 Å². The van der Waals surface area contributed by atoms with Gasteiger partial charge in [-0.15, -0.1) is 0 Å². The highest BCUT2D eigenvalue weighted by Gasteiger charge is 2.19. The summed E-state index contributed by atoms with van der Waals surface area (Å²) in [5.41, 5.74) is 1.89. The van der Waals surface area contributed by atoms with E-state index in [4.69, 9.17) is 0 Å². The predicted molar refractivity (Wildman–Crippen MR) is 94.3 cm³/mol. The Morgan fingerprint density at radius 1 is 1.28 bits per heavy atom. The number of nitrogens with zero attached hydrogens (tertiary/aromatic N) is 2. The molecule has 2 N–H and O–H groups in total. The molecule has 0 bridgehead atoms. The highest BCUT2D eigenvalue weighted by molar-refractivity contribution is 5.95. The molecular weight excluding hydrogens is 320 g/mol. The first-order valence-corrected chi connectivity index (χ1v) is 8.08. The molecule has 7 heteroatoms. The third-order valence-corrected chi connectivity index (χ3v) is 3.94. The number of amides is 1. The fourth-order valence-corrected chi connectivity index (χ4v) is 2.71. The zero-order valence-electron chi connectivity index (χ0n) is 13.7. The molecule has 0 aliphatic carbocycles. The number of aromatic nitrogens is 2. The number of H-pyrrole nitrogens is 1. The smallest absolute Gasteiger partial charge is 0.270 e. The fraction of sp³-hybridized carbons (Fsp3) is 0.222. The van der Waals surface area contributed by atoms with Crippen molar-refractivity contribution in [3.63, 3.8) is 0 Å². The van der Waals surface area contributed by atoms with Crippen molar-refractivity contribution in [3.8, 4) is 0 Å². The molecule has 0 aliphatic heterocycles. The first-order valence-electron chi connectivity index (χ1n) is 8.08. The molecule has 128 valence electrons. The molecule has 0 saturated carbocycles. The number of benzene rings is 2. The van der Waals surface area contributed by atoms with Crippen LogP contribution < -0.4 is 5.32 Å². The standard InChI is InChI=1S/C18H18N4O3/c1-2-6-16(17-19-14-9-3-4-10-15(14)20-17)21-18(23)12-7-5-8-13(11-12)22(24)25/h3-5,7-11,16H,2,6H2,1H3,(H,19,20)(H,21,23). The Morgan fingerprint density at radius 3 is 2.80 bits per heavy atom. The van der Waals surface area contributed by atoms with E-state index in [1.54, 1.807) is 6.07 Å². The van der Waals surface area contributed by atoms with Crippen LogP contribution in [0.15, 0.2) is 48.5 Å². The van der Waals surface area contributed by atoms with Crippen molar-refractivity contribution in [2.45, 2.75) is 25.8 Å². The lowest BCUT2D eigenvalue weighted by Gasteiger charge is -2.16. The van der Waals surface area contributed by atoms with Crippen LogP contribution in [0, 0.1) is 10.1 Å². The number of hydrogen-bond donors (Lipinski definition) is 2. The van der Waals surface area contributed by atoms with Crippen LogP contribution >= 0.6 is 0 Å². The van der Waals surface area contributed by atoms with Crippen LogP contribution in [0.4, 0.5) is 5.69 Å². The number of nitro benzene ring substituents is 1. The maximum absolute atomic E-state index is 12.5. The van der Waals surface area contributed by atoms with Gasteiger partial charge in [0.25, 0.3) is 11.6 Å². The molecule has 0 fully saturated rings. The van der Waals surface area contributed by atoms with Crippen molar-refractivity contribution >= 4 is 22.6 Å². The van der Waals surface area contributed by atoms with Gasteiger partial charge in [0.1, 0.15) is 5.82 Å². The van der Waals surface area contributed by atoms with Gasteiger partial charge in [-0.3, -0.25) is 14.9 Å². The number of aromatic amines is 1. The number of hydrogen-bond acceptors (Lipinski definition) is 4. The molecule has 1 unspecified atom stereocenters. The topological polar surface area (TPSA) is 101 Å². The quantitative estimate of drug-likeness (QED) is 0.528. The van der Waals surface area contributed by atoms with Crippen molar-refractivity contribution < 1.29 is 9.72 Å². The van der Waals surface area contributed by atoms with Gasteiger partial charge < -0.3 is 10.3 Å². The summed E-state index contributed by atoms with van der Waals surface area (Å²) in [6.07, 6.45) is 1.57. The average Bonchev–Trinajstić information content (AvgIpc) is 3.05. The van der Waals surface area contributed by atoms with Gasteiger partial charge in [0.2, 0.25) is 0 Å². The van der Waals surface area contributed by atoms with E-state index in [9.17, 15) is 14.9 Å². The van der Waals surface area contributed by atoms with E-state index in [1.165, 1.54) is 18.2 Å². The van der Waals surface area contributed by atoms with E-state index in [-0.39, 0.29) is 23.2 Å². The molecule has 3 rings (SSSR count). The van der Waals surface area contributed by atoms with Crippen molar-refractivity contribution in [2.24, 2.45) is 0 Å². The SMILES string of the molecule is CCCC(NC(=O)c1cccc([N+](=O)[O-])c1)c1nc2ccccc2[nH]1. The Morgan fingerprint density at radius 2 is 2.08 bits per heavy atom. The summed E-state index contributed by atoms with van der Waals surface area (Å²) in [4.78, 5) is 30.7. The summed E-state index contributed by atoms with van der Waals surface area (Å²) in [6.45, 7) is 2.02. The first-order chi connectivity index (χ1) is 12.1. The summed E-state index contributed by atoms with van der Waals surface area (Å²) in [5.74, 6) is 0.324. The van der Waals surface area contributed by atoms with E-state index < -0.39 is 4.92 Å². The van der Waals surface area contributed by atoms with Crippen LogP contribution in [0.3, 0.4) is 0 Å². The zero-order chi connectivity index (χ0) is 17.8. The summed E-state index contributed by atoms with van der Waals surface area (Å²) >= 11 is 0. The monoisotopic (exact) mass is 338 g/mol. The zero-order valence-corrected chi connectivity index (χ0v) is 13.7. The Balaban J connectivity index is 1.85. The van der Waals surface area contributed by atoms with Crippen molar-refractivity contribution in [3.05, 3.63) is 70.0 Å². The second-order valence-electron chi connectivity index (χ2n) is 5.76. The minimum absolute atomic E-state index is 0.108. The van der Waals surface area contributed by atoms with E-state index in [1.807, 2.05) is 31.2 Å². The van der Waals surface area contributed by atoms with E-state index in [2.05, 4.69) is 15.3 Å². The van der Waals surface area contributed by atoms with Gasteiger partial charge in [-0.25, -0.2) is 4.98 Å². The molecule has 1 atom stereocenters. The number of nitrogens with one attached hydrogen (secondary N) is 2. The number of nitro groups is 1. The fourth-order valence-electron chi connectivity index (χ4n) is 2.71. The lowest BCUT2D eigenvalue weighted by Crippen LogP contribution is -2.29. The van der Waals surface area contributed by atoms with Gasteiger partial charge in [0.15, 0.2) is 0 Å². The number of imidazole rings is 1. The number of carbonyl (C=O) groups excluding carboxylic acids is 1. The number of carbonyl (C=O) groups is 1. The molecule has 1 heterocycles. The second kappa shape index (κ2) is 7.12. The minimum atomic E-state index is -0.514. The summed E-state index contributed by atoms with van der Waals surface area (Å²) in [6, 6.07) is 13.1. The third-order valence-electron chi connectivity index (χ3n) is 3.94. The predicted octanol–water partition coefficient (Wildman–Crippen LogP) is 3.74. The normalized spacial score (nSPS) is 12.0. The lowest BCUT2D eigenvalue weighted by molar-refractivity contribution is -0.384. The highest BCUT2D eigenvalue weighted by Crippen LogP contribution is 2.21. The molecule has 1 amide bonds. The van der Waals surface area contributed by atoms with Crippen LogP contribution in [-0.2, 0) is 0 Å². The van der Waals surface area contributed by atoms with Gasteiger partial charge >= 0.3 is 0 Å². The van der Waals surface area contributed by atoms with Crippen molar-refractivity contribution in [2.75, 3.05) is 0 Å². The third kappa shape index (κ3) is 3.65. The largest absolute Gasteiger partial charge is 0.342 e. The molecule has 7 nitrogen and oxygen atoms in total. The Labute approximate surface area is 144 Å². The van der Waals surface area contributed by atoms with Crippen LogP contribution in [0.25, 0.3) is 11.0 Å². The van der Waals surface area contributed by atoms with Gasteiger partial charge in [0.05, 0.1) is 22.0 Å². The highest BCUT2D eigenvalue weighted by atomic mass is 16.6. The van der Waals surface area contributed by atoms with Crippen LogP contribution in [0.2, 0.25) is 0 Å². The Kier molecular flexibility index (Phi) is 4.74. The maximum Gasteiger partial charge on any atom is 0.270 e. The molecule has 0 spiro atoms. The van der Waals surface area contributed by atoms with Crippen molar-refractivity contribution in [1.29, 1.82) is 0 Å². The molecule has 2 aromatic carbocycles. The van der Waals surface area contributed by atoms with Crippen LogP contribution in [0.5, 0.6) is 0 Å². The Hall–Kier alpha value is -3.22. The number of fused-ring (bicyclic) bond motifs is 1.